The van der Waals surface area contributed by atoms with Crippen molar-refractivity contribution >= 4 is 23.4 Å². The number of hydrogen-bond acceptors (Lipinski definition) is 5. The van der Waals surface area contributed by atoms with Crippen LogP contribution in [0.15, 0.2) is 6.07 Å². The van der Waals surface area contributed by atoms with Gasteiger partial charge in [0, 0.05) is 25.8 Å². The van der Waals surface area contributed by atoms with Crippen LogP contribution in [0.25, 0.3) is 0 Å². The molecule has 1 rings (SSSR count). The number of ether oxygens (including phenoxy) is 1. The van der Waals surface area contributed by atoms with Crippen molar-refractivity contribution in [2.75, 3.05) is 25.0 Å². The minimum Gasteiger partial charge on any atom is -0.374 e. The number of carbonyl (C=O) groups is 1. The predicted octanol–water partition coefficient (Wildman–Crippen LogP) is 0.747. The number of nitrogens with two attached hydrogens (primary N) is 1. The van der Waals surface area contributed by atoms with Crippen LogP contribution in [0.3, 0.4) is 0 Å². The lowest BCUT2D eigenvalue weighted by Crippen LogP contribution is -2.33. The highest BCUT2D eigenvalue weighted by molar-refractivity contribution is 6.29. The van der Waals surface area contributed by atoms with Crippen molar-refractivity contribution in [1.29, 1.82) is 0 Å². The molecule has 2 amide bonds. The molecule has 1 aromatic heterocycles. The summed E-state index contributed by atoms with van der Waals surface area (Å²) in [6.07, 6.45) is 0. The highest BCUT2D eigenvalue weighted by Gasteiger charge is 2.03. The molecule has 8 heteroatoms. The minimum atomic E-state index is -0.561. The maximum atomic E-state index is 10.5. The molecule has 0 saturated carbocycles. The molecule has 4 N–H and O–H groups in total. The number of primary amides is 1. The molecule has 0 aliphatic heterocycles. The second-order valence-corrected chi connectivity index (χ2v) is 3.73. The maximum absolute atomic E-state index is 10.5. The number of urea groups is 1. The van der Waals surface area contributed by atoms with Crippen LogP contribution in [-0.4, -0.2) is 35.7 Å². The fraction of sp³-hybridized carbons (Fsp3) is 0.500. The Balaban J connectivity index is 2.48. The number of hydrogen-bond donors (Lipinski definition) is 3. The molecule has 0 aliphatic rings. The summed E-state index contributed by atoms with van der Waals surface area (Å²) in [4.78, 5) is 18.7. The molecule has 0 spiro atoms. The number of rotatable bonds is 7. The monoisotopic (exact) mass is 273 g/mol. The Labute approximate surface area is 110 Å². The van der Waals surface area contributed by atoms with Gasteiger partial charge in [-0.2, -0.15) is 0 Å². The first-order chi connectivity index (χ1) is 8.61. The third-order valence-electron chi connectivity index (χ3n) is 1.91. The fourth-order valence-corrected chi connectivity index (χ4v) is 1.39. The lowest BCUT2D eigenvalue weighted by Gasteiger charge is -2.08. The molecule has 0 atom stereocenters. The molecule has 0 saturated heterocycles. The van der Waals surface area contributed by atoms with Crippen LogP contribution in [0, 0.1) is 0 Å². The third kappa shape index (κ3) is 5.65. The SMILES string of the molecule is CCOCc1nc(Cl)cc(NCCNC(N)=O)n1. The Morgan fingerprint density at radius 1 is 1.50 bits per heavy atom. The van der Waals surface area contributed by atoms with Crippen LogP contribution in [-0.2, 0) is 11.3 Å². The van der Waals surface area contributed by atoms with Crippen LogP contribution < -0.4 is 16.4 Å². The zero-order chi connectivity index (χ0) is 13.4. The molecule has 0 aliphatic carbocycles. The van der Waals surface area contributed by atoms with Gasteiger partial charge in [-0.1, -0.05) is 11.6 Å². The highest BCUT2D eigenvalue weighted by Crippen LogP contribution is 2.11. The van der Waals surface area contributed by atoms with Crippen molar-refractivity contribution in [1.82, 2.24) is 15.3 Å². The molecule has 100 valence electrons. The van der Waals surface area contributed by atoms with Gasteiger partial charge >= 0.3 is 6.03 Å². The van der Waals surface area contributed by atoms with Crippen LogP contribution in [0.5, 0.6) is 0 Å². The van der Waals surface area contributed by atoms with E-state index in [0.717, 1.165) is 0 Å². The van der Waals surface area contributed by atoms with Gasteiger partial charge in [0.1, 0.15) is 17.6 Å². The van der Waals surface area contributed by atoms with Crippen molar-refractivity contribution in [2.24, 2.45) is 5.73 Å². The van der Waals surface area contributed by atoms with E-state index in [1.54, 1.807) is 6.07 Å². The first-order valence-electron chi connectivity index (χ1n) is 5.50. The Kier molecular flexibility index (Phi) is 6.16. The second kappa shape index (κ2) is 7.67. The number of halogens is 1. The number of amides is 2. The molecule has 18 heavy (non-hydrogen) atoms. The summed E-state index contributed by atoms with van der Waals surface area (Å²) >= 11 is 5.86. The Hall–Kier alpha value is -1.60. The van der Waals surface area contributed by atoms with Gasteiger partial charge in [0.25, 0.3) is 0 Å². The molecule has 7 nitrogen and oxygen atoms in total. The van der Waals surface area contributed by atoms with E-state index < -0.39 is 6.03 Å². The Morgan fingerprint density at radius 3 is 2.94 bits per heavy atom. The maximum Gasteiger partial charge on any atom is 0.312 e. The summed E-state index contributed by atoms with van der Waals surface area (Å²) in [5.74, 6) is 1.09. The quantitative estimate of drug-likeness (QED) is 0.502. The summed E-state index contributed by atoms with van der Waals surface area (Å²) in [5, 5.41) is 5.79. The van der Waals surface area contributed by atoms with Crippen molar-refractivity contribution < 1.29 is 9.53 Å². The summed E-state index contributed by atoms with van der Waals surface area (Å²) in [7, 11) is 0. The number of aromatic nitrogens is 2. The minimum absolute atomic E-state index is 0.311. The lowest BCUT2D eigenvalue weighted by molar-refractivity contribution is 0.128. The van der Waals surface area contributed by atoms with Gasteiger partial charge in [0.15, 0.2) is 5.82 Å². The largest absolute Gasteiger partial charge is 0.374 e. The van der Waals surface area contributed by atoms with Crippen molar-refractivity contribution in [2.45, 2.75) is 13.5 Å². The van der Waals surface area contributed by atoms with Gasteiger partial charge in [-0.15, -0.1) is 0 Å². The second-order valence-electron chi connectivity index (χ2n) is 3.35. The zero-order valence-corrected chi connectivity index (χ0v) is 10.8. The number of nitrogens with one attached hydrogen (secondary N) is 2. The van der Waals surface area contributed by atoms with E-state index in [0.29, 0.717) is 43.1 Å². The molecule has 0 fully saturated rings. The molecule has 0 unspecified atom stereocenters. The Morgan fingerprint density at radius 2 is 2.28 bits per heavy atom. The standard InChI is InChI=1S/C10H16ClN5O2/c1-2-18-6-9-15-7(11)5-8(16-9)13-3-4-14-10(12)17/h5H,2-4,6H2,1H3,(H3,12,14,17)(H,13,15,16). The summed E-state index contributed by atoms with van der Waals surface area (Å²) in [5.41, 5.74) is 4.93. The van der Waals surface area contributed by atoms with E-state index in [1.807, 2.05) is 6.92 Å². The van der Waals surface area contributed by atoms with E-state index in [9.17, 15) is 4.79 Å². The van der Waals surface area contributed by atoms with Crippen molar-refractivity contribution in [3.8, 4) is 0 Å². The van der Waals surface area contributed by atoms with Crippen molar-refractivity contribution in [3.63, 3.8) is 0 Å². The van der Waals surface area contributed by atoms with Gasteiger partial charge in [-0.05, 0) is 6.92 Å². The van der Waals surface area contributed by atoms with Crippen LogP contribution >= 0.6 is 11.6 Å². The van der Waals surface area contributed by atoms with E-state index in [4.69, 9.17) is 22.1 Å². The van der Waals surface area contributed by atoms with Gasteiger partial charge in [-0.25, -0.2) is 14.8 Å². The van der Waals surface area contributed by atoms with Crippen molar-refractivity contribution in [3.05, 3.63) is 17.0 Å². The molecule has 0 aromatic carbocycles. The smallest absolute Gasteiger partial charge is 0.312 e. The zero-order valence-electron chi connectivity index (χ0n) is 10.1. The molecular weight excluding hydrogens is 258 g/mol. The summed E-state index contributed by atoms with van der Waals surface area (Å²) in [6, 6.07) is 1.04. The van der Waals surface area contributed by atoms with E-state index >= 15 is 0 Å². The number of carbonyl (C=O) groups excluding carboxylic acids is 1. The predicted molar refractivity (Wildman–Crippen MR) is 68.4 cm³/mol. The van der Waals surface area contributed by atoms with E-state index in [-0.39, 0.29) is 0 Å². The van der Waals surface area contributed by atoms with Gasteiger partial charge in [0.2, 0.25) is 0 Å². The van der Waals surface area contributed by atoms with E-state index in [2.05, 4.69) is 20.6 Å². The lowest BCUT2D eigenvalue weighted by atomic mass is 10.5. The highest BCUT2D eigenvalue weighted by atomic mass is 35.5. The molecule has 0 radical (unpaired) electrons. The topological polar surface area (TPSA) is 102 Å². The summed E-state index contributed by atoms with van der Waals surface area (Å²) < 4.78 is 5.20. The van der Waals surface area contributed by atoms with Crippen LogP contribution in [0.2, 0.25) is 5.15 Å². The van der Waals surface area contributed by atoms with Crippen LogP contribution in [0.1, 0.15) is 12.7 Å². The molecular formula is C10H16ClN5O2. The first-order valence-corrected chi connectivity index (χ1v) is 5.88. The van der Waals surface area contributed by atoms with Gasteiger partial charge in [0.05, 0.1) is 0 Å². The average Bonchev–Trinajstić information content (AvgIpc) is 2.31. The molecule has 1 heterocycles. The summed E-state index contributed by atoms with van der Waals surface area (Å²) in [6.45, 7) is 3.67. The molecule has 0 bridgehead atoms. The fourth-order valence-electron chi connectivity index (χ4n) is 1.19. The van der Waals surface area contributed by atoms with Gasteiger partial charge in [-0.3, -0.25) is 0 Å². The molecule has 1 aromatic rings. The van der Waals surface area contributed by atoms with Crippen LogP contribution in [0.4, 0.5) is 10.6 Å². The van der Waals surface area contributed by atoms with Gasteiger partial charge < -0.3 is 21.1 Å². The third-order valence-corrected chi connectivity index (χ3v) is 2.10. The first kappa shape index (κ1) is 14.5. The van der Waals surface area contributed by atoms with E-state index in [1.165, 1.54) is 0 Å². The Bertz CT molecular complexity index is 402. The number of nitrogens with zero attached hydrogens (tertiary/aromatic N) is 2. The normalized spacial score (nSPS) is 10.1. The number of anilines is 1. The average molecular weight is 274 g/mol.